The van der Waals surface area contributed by atoms with E-state index in [9.17, 15) is 33.6 Å². The molecule has 0 aliphatic carbocycles. The minimum Gasteiger partial charge on any atom is -0.454 e. The lowest BCUT2D eigenvalue weighted by Crippen LogP contribution is -2.48. The molecule has 0 rings (SSSR count). The van der Waals surface area contributed by atoms with Crippen molar-refractivity contribution >= 4 is 41.4 Å². The van der Waals surface area contributed by atoms with Gasteiger partial charge in [-0.15, -0.1) is 0 Å². The Balaban J connectivity index is 5.17. The summed E-state index contributed by atoms with van der Waals surface area (Å²) in [4.78, 5) is 91.2. The summed E-state index contributed by atoms with van der Waals surface area (Å²) in [6.45, 7) is 31.2. The second kappa shape index (κ2) is 30.0. The number of rotatable bonds is 31. The van der Waals surface area contributed by atoms with Gasteiger partial charge in [-0.05, 0) is 134 Å². The van der Waals surface area contributed by atoms with Gasteiger partial charge in [0.15, 0.2) is 0 Å². The van der Waals surface area contributed by atoms with Gasteiger partial charge < -0.3 is 36.5 Å². The molecule has 14 nitrogen and oxygen atoms in total. The lowest BCUT2D eigenvalue weighted by Gasteiger charge is -2.35. The molecule has 66 heavy (non-hydrogen) atoms. The Labute approximate surface area is 400 Å². The summed E-state index contributed by atoms with van der Waals surface area (Å²) in [7, 11) is 0. The molecule has 0 aromatic carbocycles. The van der Waals surface area contributed by atoms with E-state index in [2.05, 4.69) is 83.6 Å². The highest BCUT2D eigenvalue weighted by atomic mass is 16.6. The molecule has 4 amide bonds. The second-order valence-electron chi connectivity index (χ2n) is 23.8. The highest BCUT2D eigenvalue weighted by Gasteiger charge is 2.34. The Morgan fingerprint density at radius 2 is 1.09 bits per heavy atom. The Hall–Kier alpha value is -3.55. The van der Waals surface area contributed by atoms with Crippen LogP contribution in [0.4, 0.5) is 4.79 Å². The van der Waals surface area contributed by atoms with Gasteiger partial charge in [-0.3, -0.25) is 24.0 Å². The largest absolute Gasteiger partial charge is 0.454 e. The summed E-state index contributed by atoms with van der Waals surface area (Å²) >= 11 is 0. The first-order valence-electron chi connectivity index (χ1n) is 25.1. The third-order valence-electron chi connectivity index (χ3n) is 11.6. The van der Waals surface area contributed by atoms with Crippen LogP contribution in [-0.2, 0) is 38.2 Å². The van der Waals surface area contributed by atoms with E-state index >= 15 is 0 Å². The summed E-state index contributed by atoms with van der Waals surface area (Å²) < 4.78 is 10.6. The van der Waals surface area contributed by atoms with Crippen LogP contribution in [-0.4, -0.2) is 84.3 Å². The number of hydrogen-bond donors (Lipinski definition) is 5. The lowest BCUT2D eigenvalue weighted by atomic mass is 9.73. The predicted octanol–water partition coefficient (Wildman–Crippen LogP) is 9.43. The summed E-state index contributed by atoms with van der Waals surface area (Å²) in [5, 5.41) is 11.8. The first-order chi connectivity index (χ1) is 30.2. The van der Waals surface area contributed by atoms with E-state index in [1.807, 2.05) is 0 Å². The number of unbranched alkanes of at least 4 members (excludes halogenated alkanes) is 6. The highest BCUT2D eigenvalue weighted by molar-refractivity contribution is 6.36. The molecule has 384 valence electrons. The molecule has 0 heterocycles. The molecule has 0 fully saturated rings. The van der Waals surface area contributed by atoms with Crippen molar-refractivity contribution in [2.45, 2.75) is 243 Å². The van der Waals surface area contributed by atoms with Crippen LogP contribution in [0.2, 0.25) is 0 Å². The zero-order chi connectivity index (χ0) is 50.9. The Bertz CT molecular complexity index is 1500. The molecule has 14 heteroatoms. The molecule has 0 aromatic rings. The van der Waals surface area contributed by atoms with Crippen LogP contribution in [0.25, 0.3) is 0 Å². The molecule has 0 saturated carbocycles. The van der Waals surface area contributed by atoms with E-state index in [4.69, 9.17) is 15.2 Å². The average molecular weight is 936 g/mol. The van der Waals surface area contributed by atoms with Crippen molar-refractivity contribution in [2.75, 3.05) is 19.6 Å². The van der Waals surface area contributed by atoms with Crippen LogP contribution in [0.1, 0.15) is 219 Å². The van der Waals surface area contributed by atoms with Crippen molar-refractivity contribution in [1.82, 2.24) is 21.3 Å². The summed E-state index contributed by atoms with van der Waals surface area (Å²) in [6, 6.07) is -1.24. The zero-order valence-corrected chi connectivity index (χ0v) is 44.4. The maximum Gasteiger partial charge on any atom is 0.407 e. The molecule has 3 unspecified atom stereocenters. The minimum absolute atomic E-state index is 0.0118. The van der Waals surface area contributed by atoms with Gasteiger partial charge in [-0.25, -0.2) is 9.59 Å². The maximum atomic E-state index is 13.7. The first kappa shape index (κ1) is 62.4. The van der Waals surface area contributed by atoms with Crippen molar-refractivity contribution < 1.29 is 43.0 Å². The van der Waals surface area contributed by atoms with Gasteiger partial charge in [-0.1, -0.05) is 88.0 Å². The van der Waals surface area contributed by atoms with Crippen LogP contribution in [0, 0.1) is 28.1 Å². The number of Topliss-reactive ketones (excluding diaryl/α,β-unsaturated/α-hetero) is 2. The number of esters is 1. The van der Waals surface area contributed by atoms with Crippen molar-refractivity contribution in [1.29, 1.82) is 0 Å². The van der Waals surface area contributed by atoms with Crippen molar-refractivity contribution in [3.63, 3.8) is 0 Å². The smallest absolute Gasteiger partial charge is 0.407 e. The van der Waals surface area contributed by atoms with Gasteiger partial charge >= 0.3 is 12.1 Å². The Kier molecular flexibility index (Phi) is 28.4. The number of ether oxygens (including phenoxy) is 2. The maximum absolute atomic E-state index is 13.7. The van der Waals surface area contributed by atoms with Gasteiger partial charge in [0.25, 0.3) is 5.78 Å². The number of amides is 4. The van der Waals surface area contributed by atoms with Crippen LogP contribution in [0.3, 0.4) is 0 Å². The quantitative estimate of drug-likeness (QED) is 0.0252. The van der Waals surface area contributed by atoms with Crippen molar-refractivity contribution in [2.24, 2.45) is 33.8 Å². The monoisotopic (exact) mass is 936 g/mol. The molecular weight excluding hydrogens is 839 g/mol. The van der Waals surface area contributed by atoms with Gasteiger partial charge in [0.1, 0.15) is 17.0 Å². The average Bonchev–Trinajstić information content (AvgIpc) is 3.15. The summed E-state index contributed by atoms with van der Waals surface area (Å²) in [5.41, 5.74) is 4.16. The summed E-state index contributed by atoms with van der Waals surface area (Å²) in [5.74, 6) is -2.86. The number of nitrogens with two attached hydrogens (primary N) is 1. The predicted molar refractivity (Wildman–Crippen MR) is 264 cm³/mol. The van der Waals surface area contributed by atoms with Gasteiger partial charge in [0, 0.05) is 50.7 Å². The number of hydrogen-bond acceptors (Lipinski definition) is 10. The number of alkyl carbamates (subject to hydrolysis) is 1. The molecule has 0 aliphatic heterocycles. The van der Waals surface area contributed by atoms with E-state index in [0.717, 1.165) is 38.5 Å². The fourth-order valence-corrected chi connectivity index (χ4v) is 7.46. The molecule has 4 atom stereocenters. The van der Waals surface area contributed by atoms with E-state index in [1.165, 1.54) is 0 Å². The lowest BCUT2D eigenvalue weighted by molar-refractivity contribution is -0.163. The summed E-state index contributed by atoms with van der Waals surface area (Å²) in [6.07, 6.45) is 9.96. The molecule has 0 radical (unpaired) electrons. The Morgan fingerprint density at radius 1 is 0.530 bits per heavy atom. The van der Waals surface area contributed by atoms with Crippen LogP contribution >= 0.6 is 0 Å². The molecule has 0 saturated heterocycles. The minimum atomic E-state index is -1.11. The fraction of sp³-hybridized carbons (Fsp3) is 0.865. The highest BCUT2D eigenvalue weighted by Crippen LogP contribution is 2.36. The molecule has 0 aromatic heterocycles. The molecule has 0 spiro atoms. The topological polar surface area (TPSA) is 212 Å². The zero-order valence-electron chi connectivity index (χ0n) is 44.4. The number of ketones is 2. The normalized spacial score (nSPS) is 14.3. The van der Waals surface area contributed by atoms with Gasteiger partial charge in [-0.2, -0.15) is 0 Å². The molecule has 0 aliphatic rings. The number of nitrogens with one attached hydrogen (secondary N) is 4. The van der Waals surface area contributed by atoms with Crippen molar-refractivity contribution in [3.8, 4) is 0 Å². The van der Waals surface area contributed by atoms with Crippen LogP contribution in [0.5, 0.6) is 0 Å². The van der Waals surface area contributed by atoms with Crippen LogP contribution in [0.15, 0.2) is 0 Å². The number of carbonyl (C=O) groups excluding carboxylic acids is 7. The molecular formula is C52H97N5O9. The van der Waals surface area contributed by atoms with Gasteiger partial charge in [0.2, 0.25) is 17.7 Å². The van der Waals surface area contributed by atoms with Crippen molar-refractivity contribution in [3.05, 3.63) is 0 Å². The third kappa shape index (κ3) is 32.2. The van der Waals surface area contributed by atoms with E-state index in [1.54, 1.807) is 41.5 Å². The first-order valence-corrected chi connectivity index (χ1v) is 25.1. The fourth-order valence-electron chi connectivity index (χ4n) is 7.46. The number of carbonyl (C=O) groups is 7. The van der Waals surface area contributed by atoms with E-state index in [-0.39, 0.29) is 58.6 Å². The Morgan fingerprint density at radius 3 is 1.65 bits per heavy atom. The van der Waals surface area contributed by atoms with Gasteiger partial charge in [0.05, 0.1) is 6.04 Å². The molecule has 6 N–H and O–H groups in total. The second-order valence-corrected chi connectivity index (χ2v) is 23.8. The van der Waals surface area contributed by atoms with E-state index in [0.29, 0.717) is 83.8 Å². The third-order valence-corrected chi connectivity index (χ3v) is 11.6. The van der Waals surface area contributed by atoms with E-state index < -0.39 is 46.9 Å². The SMILES string of the molecule is CC(C)(C)CCC(CC(=O)NC(CCC(=O)NCCCCCCCC(=O)CC(CCCCNC(=O)OC(C)(C)C)C(=O)N[C@@H](CCCCN)C(=O)C(=O)OC(C)(C)C)C(C)(C)C)C(C)(C)C. The van der Waals surface area contributed by atoms with Crippen LogP contribution < -0.4 is 27.0 Å². The molecule has 0 bridgehead atoms. The standard InChI is InChI=1S/C52H97N5O9/c1-48(2,3)31-30-38(49(4,5)6)36-43(60)57-41(50(7,8)9)28-29-42(59)54-33-23-18-16-17-19-26-39(58)35-37(25-21-24-34-55-47(64)66-52(13,14)15)45(62)56-40(27-20-22-32-53)44(61)46(63)65-51(10,11)12/h37-38,40-41H,16-36,53H2,1-15H3,(H,54,59)(H,55,64)(H,56,62)(H,57,60)/t37?,38?,40-,41?/m0/s1.